The molecule has 3 rings (SSSR count). The lowest BCUT2D eigenvalue weighted by Gasteiger charge is -2.30. The summed E-state index contributed by atoms with van der Waals surface area (Å²) in [7, 11) is 0. The Labute approximate surface area is 101 Å². The van der Waals surface area contributed by atoms with Crippen molar-refractivity contribution in [3.63, 3.8) is 0 Å². The summed E-state index contributed by atoms with van der Waals surface area (Å²) < 4.78 is 0. The summed E-state index contributed by atoms with van der Waals surface area (Å²) in [4.78, 5) is 2.16. The van der Waals surface area contributed by atoms with E-state index in [0.717, 1.165) is 25.2 Å². The van der Waals surface area contributed by atoms with E-state index in [1.165, 1.54) is 22.9 Å². The molecule has 86 valence electrons. The molecule has 0 atom stereocenters. The first-order valence-corrected chi connectivity index (χ1v) is 6.19. The molecule has 1 aliphatic rings. The van der Waals surface area contributed by atoms with Crippen molar-refractivity contribution in [1.29, 1.82) is 5.41 Å². The molecule has 0 spiro atoms. The maximum Gasteiger partial charge on any atom is 0.100 e. The topological polar surface area (TPSA) is 27.1 Å². The van der Waals surface area contributed by atoms with Gasteiger partial charge in [-0.2, -0.15) is 0 Å². The summed E-state index contributed by atoms with van der Waals surface area (Å²) in [5.41, 5.74) is 1.19. The molecule has 17 heavy (non-hydrogen) atoms. The molecule has 2 aromatic rings. The average Bonchev–Trinajstić information content (AvgIpc) is 2.39. The van der Waals surface area contributed by atoms with Gasteiger partial charge in [0, 0.05) is 24.0 Å². The van der Waals surface area contributed by atoms with E-state index in [9.17, 15) is 0 Å². The molecule has 0 amide bonds. The minimum absolute atomic E-state index is 0.757. The van der Waals surface area contributed by atoms with Gasteiger partial charge in [-0.1, -0.05) is 36.4 Å². The van der Waals surface area contributed by atoms with E-state index in [0.29, 0.717) is 0 Å². The number of piperidine rings is 1. The van der Waals surface area contributed by atoms with Crippen LogP contribution in [-0.4, -0.2) is 12.4 Å². The largest absolute Gasteiger partial charge is 0.330 e. The first kappa shape index (κ1) is 10.3. The molecule has 2 aromatic carbocycles. The van der Waals surface area contributed by atoms with Crippen molar-refractivity contribution < 1.29 is 0 Å². The van der Waals surface area contributed by atoms with Crippen molar-refractivity contribution in [2.75, 3.05) is 11.4 Å². The maximum atomic E-state index is 8.08. The van der Waals surface area contributed by atoms with Crippen molar-refractivity contribution in [3.8, 4) is 0 Å². The van der Waals surface area contributed by atoms with E-state index < -0.39 is 0 Å². The van der Waals surface area contributed by atoms with Gasteiger partial charge in [0.25, 0.3) is 0 Å². The third-order valence-corrected chi connectivity index (χ3v) is 3.43. The second-order valence-electron chi connectivity index (χ2n) is 4.55. The average molecular weight is 224 g/mol. The number of hydrogen-bond donors (Lipinski definition) is 1. The van der Waals surface area contributed by atoms with E-state index in [1.54, 1.807) is 0 Å². The fourth-order valence-corrected chi connectivity index (χ4v) is 2.54. The van der Waals surface area contributed by atoms with Crippen LogP contribution < -0.4 is 4.90 Å². The van der Waals surface area contributed by atoms with Gasteiger partial charge in [-0.3, -0.25) is 5.41 Å². The Bertz CT molecular complexity index is 554. The van der Waals surface area contributed by atoms with Crippen LogP contribution in [0.5, 0.6) is 0 Å². The zero-order chi connectivity index (χ0) is 11.7. The van der Waals surface area contributed by atoms with Crippen LogP contribution in [0.15, 0.2) is 42.5 Å². The highest BCUT2D eigenvalue weighted by Crippen LogP contribution is 2.29. The summed E-state index contributed by atoms with van der Waals surface area (Å²) >= 11 is 0. The molecule has 2 nitrogen and oxygen atoms in total. The Morgan fingerprint density at radius 1 is 0.941 bits per heavy atom. The minimum atomic E-state index is 0.757. The van der Waals surface area contributed by atoms with Gasteiger partial charge in [0.1, 0.15) is 5.84 Å². The highest BCUT2D eigenvalue weighted by atomic mass is 15.2. The highest BCUT2D eigenvalue weighted by Gasteiger charge is 2.17. The Balaban J connectivity index is 2.13. The smallest absolute Gasteiger partial charge is 0.100 e. The third kappa shape index (κ3) is 1.80. The van der Waals surface area contributed by atoms with Crippen LogP contribution >= 0.6 is 0 Å². The van der Waals surface area contributed by atoms with Gasteiger partial charge in [-0.25, -0.2) is 0 Å². The van der Waals surface area contributed by atoms with Crippen LogP contribution in [0.2, 0.25) is 0 Å². The minimum Gasteiger partial charge on any atom is -0.330 e. The standard InChI is InChI=1S/C15H16N2/c16-15-10-3-4-11-17(15)14-9-5-7-12-6-1-2-8-13(12)14/h1-2,5-9,16H,3-4,10-11H2. The van der Waals surface area contributed by atoms with Gasteiger partial charge in [0.15, 0.2) is 0 Å². The Hall–Kier alpha value is -1.83. The van der Waals surface area contributed by atoms with Crippen LogP contribution in [-0.2, 0) is 0 Å². The summed E-state index contributed by atoms with van der Waals surface area (Å²) in [6.45, 7) is 0.979. The molecular weight excluding hydrogens is 208 g/mol. The summed E-state index contributed by atoms with van der Waals surface area (Å²) in [6.07, 6.45) is 3.24. The van der Waals surface area contributed by atoms with Gasteiger partial charge in [0.2, 0.25) is 0 Å². The van der Waals surface area contributed by atoms with Crippen molar-refractivity contribution >= 4 is 22.3 Å². The zero-order valence-corrected chi connectivity index (χ0v) is 9.82. The number of rotatable bonds is 1. The number of nitrogens with one attached hydrogen (secondary N) is 1. The van der Waals surface area contributed by atoms with Crippen LogP contribution in [0.4, 0.5) is 5.69 Å². The second kappa shape index (κ2) is 4.21. The van der Waals surface area contributed by atoms with Gasteiger partial charge in [-0.15, -0.1) is 0 Å². The molecule has 0 aliphatic carbocycles. The zero-order valence-electron chi connectivity index (χ0n) is 9.82. The fraction of sp³-hybridized carbons (Fsp3) is 0.267. The monoisotopic (exact) mass is 224 g/mol. The molecule has 1 fully saturated rings. The van der Waals surface area contributed by atoms with E-state index in [-0.39, 0.29) is 0 Å². The molecule has 0 radical (unpaired) electrons. The van der Waals surface area contributed by atoms with E-state index in [1.807, 2.05) is 0 Å². The number of fused-ring (bicyclic) bond motifs is 1. The van der Waals surface area contributed by atoms with E-state index in [4.69, 9.17) is 5.41 Å². The quantitative estimate of drug-likeness (QED) is 0.783. The van der Waals surface area contributed by atoms with Crippen LogP contribution in [0.1, 0.15) is 19.3 Å². The van der Waals surface area contributed by atoms with Crippen LogP contribution in [0, 0.1) is 5.41 Å². The third-order valence-electron chi connectivity index (χ3n) is 3.43. The first-order chi connectivity index (χ1) is 8.36. The summed E-state index contributed by atoms with van der Waals surface area (Å²) in [6, 6.07) is 14.8. The van der Waals surface area contributed by atoms with Gasteiger partial charge >= 0.3 is 0 Å². The molecule has 1 heterocycles. The normalized spacial score (nSPS) is 16.5. The van der Waals surface area contributed by atoms with Crippen LogP contribution in [0.25, 0.3) is 10.8 Å². The number of amidine groups is 1. The van der Waals surface area contributed by atoms with Gasteiger partial charge in [-0.05, 0) is 24.3 Å². The number of hydrogen-bond acceptors (Lipinski definition) is 1. The lowest BCUT2D eigenvalue weighted by atomic mass is 10.0. The predicted molar refractivity (Wildman–Crippen MR) is 72.9 cm³/mol. The highest BCUT2D eigenvalue weighted by molar-refractivity contribution is 6.05. The molecule has 0 aromatic heterocycles. The maximum absolute atomic E-state index is 8.08. The van der Waals surface area contributed by atoms with Gasteiger partial charge < -0.3 is 4.90 Å². The molecule has 0 saturated carbocycles. The van der Waals surface area contributed by atoms with Crippen molar-refractivity contribution in [1.82, 2.24) is 0 Å². The molecular formula is C15H16N2. The van der Waals surface area contributed by atoms with E-state index in [2.05, 4.69) is 47.4 Å². The predicted octanol–water partition coefficient (Wildman–Crippen LogP) is 3.81. The number of anilines is 1. The lowest BCUT2D eigenvalue weighted by Crippen LogP contribution is -2.34. The Morgan fingerprint density at radius 2 is 1.76 bits per heavy atom. The molecule has 0 unspecified atom stereocenters. The van der Waals surface area contributed by atoms with Crippen molar-refractivity contribution in [2.24, 2.45) is 0 Å². The Morgan fingerprint density at radius 3 is 2.65 bits per heavy atom. The SMILES string of the molecule is N=C1CCCCN1c1cccc2ccccc12. The summed E-state index contributed by atoms with van der Waals surface area (Å²) in [5, 5.41) is 10.6. The first-order valence-electron chi connectivity index (χ1n) is 6.19. The summed E-state index contributed by atoms with van der Waals surface area (Å²) in [5.74, 6) is 0.757. The Kier molecular flexibility index (Phi) is 2.56. The molecule has 1 aliphatic heterocycles. The molecule has 2 heteroatoms. The molecule has 1 N–H and O–H groups in total. The molecule has 1 saturated heterocycles. The van der Waals surface area contributed by atoms with Crippen LogP contribution in [0.3, 0.4) is 0 Å². The lowest BCUT2D eigenvalue weighted by molar-refractivity contribution is 0.708. The number of nitrogens with zero attached hydrogens (tertiary/aromatic N) is 1. The van der Waals surface area contributed by atoms with Gasteiger partial charge in [0.05, 0.1) is 0 Å². The fourth-order valence-electron chi connectivity index (χ4n) is 2.54. The molecule has 0 bridgehead atoms. The van der Waals surface area contributed by atoms with E-state index >= 15 is 0 Å². The number of benzene rings is 2. The van der Waals surface area contributed by atoms with Crippen molar-refractivity contribution in [3.05, 3.63) is 42.5 Å². The van der Waals surface area contributed by atoms with Crippen molar-refractivity contribution in [2.45, 2.75) is 19.3 Å². The second-order valence-corrected chi connectivity index (χ2v) is 4.55.